The summed E-state index contributed by atoms with van der Waals surface area (Å²) in [5.74, 6) is 0.583. The molecule has 0 aromatic heterocycles. The summed E-state index contributed by atoms with van der Waals surface area (Å²) in [5, 5.41) is 10.6. The molecule has 29 heavy (non-hydrogen) atoms. The number of benzene rings is 2. The van der Waals surface area contributed by atoms with Gasteiger partial charge in [-0.2, -0.15) is 0 Å². The monoisotopic (exact) mass is 454 g/mol. The van der Waals surface area contributed by atoms with Crippen molar-refractivity contribution in [3.8, 4) is 0 Å². The molecule has 0 radical (unpaired) electrons. The Morgan fingerprint density at radius 2 is 1.48 bits per heavy atom. The van der Waals surface area contributed by atoms with Crippen LogP contribution >= 0.6 is 23.2 Å². The SMILES string of the molecule is CC(O)CN1CCN(CCS(=O)C(c2cccc(Cl)c2)c2cccc(Cl)c2)CC1. The van der Waals surface area contributed by atoms with Gasteiger partial charge in [0.1, 0.15) is 0 Å². The number of β-amino-alcohol motifs (C(OH)–C–C–N with tert-alkyl or cyclic N) is 1. The average Bonchev–Trinajstić information content (AvgIpc) is 2.67. The van der Waals surface area contributed by atoms with Crippen LogP contribution in [0, 0.1) is 0 Å². The van der Waals surface area contributed by atoms with E-state index in [0.29, 0.717) is 22.3 Å². The van der Waals surface area contributed by atoms with Gasteiger partial charge in [-0.3, -0.25) is 14.0 Å². The van der Waals surface area contributed by atoms with E-state index < -0.39 is 10.8 Å². The Hall–Kier alpha value is -0.950. The molecular weight excluding hydrogens is 427 g/mol. The summed E-state index contributed by atoms with van der Waals surface area (Å²) in [6.45, 7) is 7.05. The molecule has 158 valence electrons. The number of hydrogen-bond donors (Lipinski definition) is 1. The summed E-state index contributed by atoms with van der Waals surface area (Å²) in [7, 11) is -1.11. The fraction of sp³-hybridized carbons (Fsp3) is 0.455. The van der Waals surface area contributed by atoms with Crippen LogP contribution in [0.15, 0.2) is 48.5 Å². The van der Waals surface area contributed by atoms with E-state index in [9.17, 15) is 9.32 Å². The number of piperazine rings is 1. The van der Waals surface area contributed by atoms with Crippen LogP contribution in [0.25, 0.3) is 0 Å². The van der Waals surface area contributed by atoms with Crippen molar-refractivity contribution >= 4 is 34.0 Å². The highest BCUT2D eigenvalue weighted by atomic mass is 35.5. The third kappa shape index (κ3) is 6.78. The standard InChI is InChI=1S/C22H28Cl2N2O2S/c1-17(27)16-26-10-8-25(9-11-26)12-13-29(28)22(18-4-2-6-20(23)14-18)19-5-3-7-21(24)15-19/h2-7,14-15,17,22,27H,8-13,16H2,1H3. The first-order chi connectivity index (χ1) is 13.9. The molecule has 7 heteroatoms. The van der Waals surface area contributed by atoms with Gasteiger partial charge in [-0.15, -0.1) is 0 Å². The largest absolute Gasteiger partial charge is 0.392 e. The maximum absolute atomic E-state index is 13.4. The van der Waals surface area contributed by atoms with Gasteiger partial charge < -0.3 is 5.11 Å². The maximum Gasteiger partial charge on any atom is 0.0848 e. The number of nitrogens with zero attached hydrogens (tertiary/aromatic N) is 2. The second-order valence-corrected chi connectivity index (χ2v) is 10.1. The summed E-state index contributed by atoms with van der Waals surface area (Å²) in [5.41, 5.74) is 1.89. The summed E-state index contributed by atoms with van der Waals surface area (Å²) < 4.78 is 13.4. The van der Waals surface area contributed by atoms with Gasteiger partial charge in [-0.05, 0) is 42.3 Å². The van der Waals surface area contributed by atoms with Crippen LogP contribution in [0.3, 0.4) is 0 Å². The van der Waals surface area contributed by atoms with Crippen molar-refractivity contribution in [2.75, 3.05) is 45.0 Å². The lowest BCUT2D eigenvalue weighted by Gasteiger charge is -2.35. The van der Waals surface area contributed by atoms with Crippen LogP contribution in [-0.4, -0.2) is 70.2 Å². The number of aliphatic hydroxyl groups excluding tert-OH is 1. The van der Waals surface area contributed by atoms with Gasteiger partial charge in [-0.1, -0.05) is 47.5 Å². The summed E-state index contributed by atoms with van der Waals surface area (Å²) >= 11 is 12.4. The van der Waals surface area contributed by atoms with Crippen LogP contribution in [0.2, 0.25) is 10.0 Å². The minimum absolute atomic E-state index is 0.260. The Morgan fingerprint density at radius 1 is 0.966 bits per heavy atom. The smallest absolute Gasteiger partial charge is 0.0848 e. The Bertz CT molecular complexity index is 780. The topological polar surface area (TPSA) is 43.8 Å². The minimum atomic E-state index is -1.11. The lowest BCUT2D eigenvalue weighted by Crippen LogP contribution is -2.49. The molecule has 1 fully saturated rings. The van der Waals surface area contributed by atoms with Gasteiger partial charge in [0.15, 0.2) is 0 Å². The normalized spacial score (nSPS) is 18.1. The second kappa shape index (κ2) is 10.9. The highest BCUT2D eigenvalue weighted by Gasteiger charge is 2.24. The quantitative estimate of drug-likeness (QED) is 0.657. The number of aliphatic hydroxyl groups is 1. The van der Waals surface area contributed by atoms with Crippen molar-refractivity contribution in [1.82, 2.24) is 9.80 Å². The molecular formula is C22H28Cl2N2O2S. The van der Waals surface area contributed by atoms with E-state index in [1.165, 1.54) is 0 Å². The fourth-order valence-electron chi connectivity index (χ4n) is 3.74. The van der Waals surface area contributed by atoms with Gasteiger partial charge in [0.2, 0.25) is 0 Å². The molecule has 1 aliphatic rings. The van der Waals surface area contributed by atoms with Crippen molar-refractivity contribution in [1.29, 1.82) is 0 Å². The number of hydrogen-bond acceptors (Lipinski definition) is 4. The van der Waals surface area contributed by atoms with E-state index in [0.717, 1.165) is 43.9 Å². The van der Waals surface area contributed by atoms with Crippen molar-refractivity contribution in [3.63, 3.8) is 0 Å². The van der Waals surface area contributed by atoms with Crippen LogP contribution in [0.5, 0.6) is 0 Å². The van der Waals surface area contributed by atoms with Crippen molar-refractivity contribution in [2.24, 2.45) is 0 Å². The predicted molar refractivity (Wildman–Crippen MR) is 122 cm³/mol. The molecule has 0 amide bonds. The van der Waals surface area contributed by atoms with Gasteiger partial charge in [-0.25, -0.2) is 0 Å². The van der Waals surface area contributed by atoms with E-state index in [1.807, 2.05) is 55.5 Å². The molecule has 2 aromatic carbocycles. The fourth-order valence-corrected chi connectivity index (χ4v) is 5.71. The Morgan fingerprint density at radius 3 is 1.97 bits per heavy atom. The highest BCUT2D eigenvalue weighted by molar-refractivity contribution is 7.85. The molecule has 0 spiro atoms. The molecule has 0 bridgehead atoms. The van der Waals surface area contributed by atoms with Gasteiger partial charge in [0.25, 0.3) is 0 Å². The molecule has 1 aliphatic heterocycles. The summed E-state index contributed by atoms with van der Waals surface area (Å²) in [6.07, 6.45) is -0.301. The van der Waals surface area contributed by atoms with Crippen LogP contribution in [0.1, 0.15) is 23.3 Å². The van der Waals surface area contributed by atoms with E-state index >= 15 is 0 Å². The molecule has 2 atom stereocenters. The lowest BCUT2D eigenvalue weighted by atomic mass is 10.0. The Balaban J connectivity index is 1.66. The Labute approximate surface area is 185 Å². The molecule has 2 aromatic rings. The summed E-state index contributed by atoms with van der Waals surface area (Å²) in [4.78, 5) is 4.63. The number of rotatable bonds is 8. The average molecular weight is 455 g/mol. The maximum atomic E-state index is 13.4. The summed E-state index contributed by atoms with van der Waals surface area (Å²) in [6, 6.07) is 15.2. The molecule has 0 saturated carbocycles. The molecule has 2 unspecified atom stereocenters. The van der Waals surface area contributed by atoms with Crippen LogP contribution in [-0.2, 0) is 10.8 Å². The molecule has 4 nitrogen and oxygen atoms in total. The van der Waals surface area contributed by atoms with E-state index in [4.69, 9.17) is 23.2 Å². The predicted octanol–water partition coefficient (Wildman–Crippen LogP) is 3.83. The van der Waals surface area contributed by atoms with Crippen molar-refractivity contribution in [2.45, 2.75) is 18.3 Å². The second-order valence-electron chi connectivity index (χ2n) is 7.57. The van der Waals surface area contributed by atoms with E-state index in [-0.39, 0.29) is 11.4 Å². The van der Waals surface area contributed by atoms with Crippen LogP contribution < -0.4 is 0 Å². The third-order valence-electron chi connectivity index (χ3n) is 5.16. The first-order valence-electron chi connectivity index (χ1n) is 9.93. The molecule has 0 aliphatic carbocycles. The van der Waals surface area contributed by atoms with Crippen LogP contribution in [0.4, 0.5) is 0 Å². The van der Waals surface area contributed by atoms with Gasteiger partial charge >= 0.3 is 0 Å². The molecule has 1 heterocycles. The minimum Gasteiger partial charge on any atom is -0.392 e. The van der Waals surface area contributed by atoms with Gasteiger partial charge in [0, 0.05) is 65.9 Å². The number of halogens is 2. The molecule has 1 N–H and O–H groups in total. The van der Waals surface area contributed by atoms with E-state index in [2.05, 4.69) is 9.80 Å². The Kier molecular flexibility index (Phi) is 8.54. The van der Waals surface area contributed by atoms with Gasteiger partial charge in [0.05, 0.1) is 11.4 Å². The first-order valence-corrected chi connectivity index (χ1v) is 12.1. The van der Waals surface area contributed by atoms with Crippen molar-refractivity contribution < 1.29 is 9.32 Å². The van der Waals surface area contributed by atoms with Crippen molar-refractivity contribution in [3.05, 3.63) is 69.7 Å². The molecule has 1 saturated heterocycles. The van der Waals surface area contributed by atoms with E-state index in [1.54, 1.807) is 0 Å². The zero-order valence-electron chi connectivity index (χ0n) is 16.6. The first kappa shape index (κ1) is 22.7. The zero-order valence-corrected chi connectivity index (χ0v) is 19.0. The highest BCUT2D eigenvalue weighted by Crippen LogP contribution is 2.31. The lowest BCUT2D eigenvalue weighted by molar-refractivity contribution is 0.0832. The zero-order chi connectivity index (χ0) is 20.8. The molecule has 3 rings (SSSR count). The third-order valence-corrected chi connectivity index (χ3v) is 7.29.